The molecule has 0 radical (unpaired) electrons. The van der Waals surface area contributed by atoms with Crippen LogP contribution in [-0.4, -0.2) is 69.7 Å². The standard InChI is InChI=1S/C26H28F3N7O3S/c1-4-32-25(38)35-22-10-19(24-34-21(14-40-24)26(27,28)29)20(13-33-22)16-9-17(12-31-11-16)23(30-3)39-15(2)36-7-5-18(37)6-8-36/h9-14,18,37H,2,4-8H2,1,3H3,(H2,32,33,35,38). The Morgan fingerprint density at radius 1 is 1.25 bits per heavy atom. The smallest absolute Gasteiger partial charge is 0.423 e. The number of aliphatic hydroxyl groups excluding tert-OH is 1. The van der Waals surface area contributed by atoms with E-state index in [9.17, 15) is 23.1 Å². The second-order valence-electron chi connectivity index (χ2n) is 8.84. The van der Waals surface area contributed by atoms with Gasteiger partial charge in [-0.1, -0.05) is 0 Å². The van der Waals surface area contributed by atoms with Gasteiger partial charge in [-0.25, -0.2) is 14.8 Å². The van der Waals surface area contributed by atoms with E-state index in [-0.39, 0.29) is 22.8 Å². The van der Waals surface area contributed by atoms with Gasteiger partial charge in [-0.15, -0.1) is 11.3 Å². The summed E-state index contributed by atoms with van der Waals surface area (Å²) >= 11 is 0.825. The van der Waals surface area contributed by atoms with Crippen LogP contribution in [0.15, 0.2) is 53.6 Å². The number of halogens is 3. The van der Waals surface area contributed by atoms with Gasteiger partial charge in [0, 0.05) is 67.3 Å². The number of rotatable bonds is 7. The first-order valence-electron chi connectivity index (χ1n) is 12.4. The second kappa shape index (κ2) is 12.4. The summed E-state index contributed by atoms with van der Waals surface area (Å²) < 4.78 is 45.9. The van der Waals surface area contributed by atoms with Crippen molar-refractivity contribution in [2.45, 2.75) is 32.0 Å². The van der Waals surface area contributed by atoms with Crippen molar-refractivity contribution in [1.29, 1.82) is 0 Å². The number of amides is 2. The molecular weight excluding hydrogens is 547 g/mol. The van der Waals surface area contributed by atoms with E-state index in [1.165, 1.54) is 18.5 Å². The molecule has 10 nitrogen and oxygen atoms in total. The summed E-state index contributed by atoms with van der Waals surface area (Å²) in [5, 5.41) is 15.9. The molecular formula is C26H28F3N7O3S. The van der Waals surface area contributed by atoms with E-state index in [0.717, 1.165) is 16.7 Å². The first kappa shape index (κ1) is 29.0. The van der Waals surface area contributed by atoms with Crippen LogP contribution in [0.2, 0.25) is 0 Å². The number of likely N-dealkylation sites (tertiary alicyclic amines) is 1. The molecule has 0 aliphatic carbocycles. The van der Waals surface area contributed by atoms with Gasteiger partial charge in [0.1, 0.15) is 10.8 Å². The average Bonchev–Trinajstić information content (AvgIpc) is 3.43. The summed E-state index contributed by atoms with van der Waals surface area (Å²) in [6, 6.07) is 2.68. The van der Waals surface area contributed by atoms with Gasteiger partial charge in [0.25, 0.3) is 0 Å². The van der Waals surface area contributed by atoms with Crippen LogP contribution in [0.3, 0.4) is 0 Å². The topological polar surface area (TPSA) is 125 Å². The van der Waals surface area contributed by atoms with E-state index in [1.807, 2.05) is 4.90 Å². The summed E-state index contributed by atoms with van der Waals surface area (Å²) in [6.45, 7) is 7.31. The number of pyridine rings is 2. The van der Waals surface area contributed by atoms with Crippen LogP contribution < -0.4 is 10.6 Å². The van der Waals surface area contributed by atoms with Crippen molar-refractivity contribution in [1.82, 2.24) is 25.2 Å². The first-order chi connectivity index (χ1) is 19.1. The zero-order valence-electron chi connectivity index (χ0n) is 21.8. The molecule has 0 aromatic carbocycles. The van der Waals surface area contributed by atoms with Gasteiger partial charge in [-0.3, -0.25) is 15.3 Å². The van der Waals surface area contributed by atoms with Crippen LogP contribution >= 0.6 is 11.3 Å². The molecule has 4 rings (SSSR count). The van der Waals surface area contributed by atoms with Crippen LogP contribution in [-0.2, 0) is 10.9 Å². The number of urea groups is 1. The fourth-order valence-electron chi connectivity index (χ4n) is 4.01. The number of aliphatic imine (C=N–C) groups is 1. The van der Waals surface area contributed by atoms with Crippen molar-refractivity contribution in [3.05, 3.63) is 59.8 Å². The minimum Gasteiger partial charge on any atom is -0.423 e. The summed E-state index contributed by atoms with van der Waals surface area (Å²) in [6.07, 6.45) is 0.768. The van der Waals surface area contributed by atoms with Crippen LogP contribution in [0.5, 0.6) is 0 Å². The van der Waals surface area contributed by atoms with Crippen LogP contribution in [0, 0.1) is 0 Å². The number of hydrogen-bond donors (Lipinski definition) is 3. The SMILES string of the molecule is C=C(OC(=NC)c1cncc(-c2cnc(NC(=O)NCC)cc2-c2nc(C(F)(F)F)cs2)c1)N1CCC(O)CC1. The number of carbonyl (C=O) groups excluding carboxylic acids is 1. The van der Waals surface area contributed by atoms with Gasteiger partial charge >= 0.3 is 12.2 Å². The first-order valence-corrected chi connectivity index (χ1v) is 13.3. The monoisotopic (exact) mass is 575 g/mol. The highest BCUT2D eigenvalue weighted by Gasteiger charge is 2.34. The minimum absolute atomic E-state index is 0.0929. The zero-order chi connectivity index (χ0) is 28.9. The van der Waals surface area contributed by atoms with E-state index in [4.69, 9.17) is 4.74 Å². The Morgan fingerprint density at radius 2 is 2.00 bits per heavy atom. The van der Waals surface area contributed by atoms with Gasteiger partial charge in [0.15, 0.2) is 11.6 Å². The maximum Gasteiger partial charge on any atom is 0.434 e. The van der Waals surface area contributed by atoms with Crippen molar-refractivity contribution in [2.75, 3.05) is 32.0 Å². The molecule has 2 amide bonds. The van der Waals surface area contributed by atoms with E-state index in [0.29, 0.717) is 60.6 Å². The molecule has 1 aliphatic heterocycles. The Bertz CT molecular complexity index is 1400. The molecule has 0 spiro atoms. The fraction of sp³-hybridized carbons (Fsp3) is 0.346. The normalized spacial score (nSPS) is 14.7. The largest absolute Gasteiger partial charge is 0.434 e. The van der Waals surface area contributed by atoms with E-state index in [2.05, 4.69) is 37.2 Å². The molecule has 1 aliphatic rings. The molecule has 3 N–H and O–H groups in total. The van der Waals surface area contributed by atoms with E-state index in [1.54, 1.807) is 26.2 Å². The van der Waals surface area contributed by atoms with Crippen molar-refractivity contribution in [2.24, 2.45) is 4.99 Å². The van der Waals surface area contributed by atoms with E-state index >= 15 is 0 Å². The molecule has 0 saturated carbocycles. The van der Waals surface area contributed by atoms with Crippen LogP contribution in [0.4, 0.5) is 23.8 Å². The van der Waals surface area contributed by atoms with Crippen molar-refractivity contribution >= 4 is 29.1 Å². The lowest BCUT2D eigenvalue weighted by molar-refractivity contribution is -0.140. The van der Waals surface area contributed by atoms with Gasteiger partial charge < -0.3 is 20.1 Å². The number of aliphatic hydroxyl groups is 1. The molecule has 0 bridgehead atoms. The molecule has 1 fully saturated rings. The maximum absolute atomic E-state index is 13.3. The number of carbonyl (C=O) groups is 1. The molecule has 0 unspecified atom stereocenters. The molecule has 3 aromatic rings. The number of nitrogens with one attached hydrogen (secondary N) is 2. The lowest BCUT2D eigenvalue weighted by Gasteiger charge is -2.32. The number of anilines is 1. The third-order valence-electron chi connectivity index (χ3n) is 6.04. The summed E-state index contributed by atoms with van der Waals surface area (Å²) in [5.74, 6) is 0.756. The Morgan fingerprint density at radius 3 is 2.65 bits per heavy atom. The Hall–Kier alpha value is -4.04. The number of hydrogen-bond acceptors (Lipinski definition) is 9. The summed E-state index contributed by atoms with van der Waals surface area (Å²) in [4.78, 5) is 30.6. The number of alkyl halides is 3. The number of aromatic nitrogens is 3. The lowest BCUT2D eigenvalue weighted by Crippen LogP contribution is -2.36. The van der Waals surface area contributed by atoms with Crippen LogP contribution in [0.25, 0.3) is 21.7 Å². The highest BCUT2D eigenvalue weighted by Crippen LogP contribution is 2.38. The number of piperidine rings is 1. The third kappa shape index (κ3) is 6.93. The quantitative estimate of drug-likeness (QED) is 0.211. The van der Waals surface area contributed by atoms with Gasteiger partial charge in [0.2, 0.25) is 5.90 Å². The average molecular weight is 576 g/mol. The van der Waals surface area contributed by atoms with E-state index < -0.39 is 17.9 Å². The zero-order valence-corrected chi connectivity index (χ0v) is 22.6. The maximum atomic E-state index is 13.3. The van der Waals surface area contributed by atoms with Crippen molar-refractivity contribution in [3.8, 4) is 21.7 Å². The third-order valence-corrected chi connectivity index (χ3v) is 6.91. The summed E-state index contributed by atoms with van der Waals surface area (Å²) in [5.41, 5.74) is 0.776. The Kier molecular flexibility index (Phi) is 9.00. The highest BCUT2D eigenvalue weighted by molar-refractivity contribution is 7.13. The molecule has 40 heavy (non-hydrogen) atoms. The Labute approximate surface area is 232 Å². The lowest BCUT2D eigenvalue weighted by atomic mass is 10.0. The van der Waals surface area contributed by atoms with Crippen LogP contribution in [0.1, 0.15) is 31.0 Å². The molecule has 4 heterocycles. The molecule has 3 aromatic heterocycles. The Balaban J connectivity index is 1.68. The molecule has 14 heteroatoms. The number of nitrogens with zero attached hydrogens (tertiary/aromatic N) is 5. The van der Waals surface area contributed by atoms with Gasteiger partial charge in [-0.05, 0) is 38.5 Å². The molecule has 1 saturated heterocycles. The van der Waals surface area contributed by atoms with Crippen molar-refractivity contribution < 1.29 is 27.8 Å². The second-order valence-corrected chi connectivity index (χ2v) is 9.70. The van der Waals surface area contributed by atoms with Gasteiger partial charge in [0.05, 0.1) is 11.7 Å². The number of ether oxygens (including phenoxy) is 1. The molecule has 0 atom stereocenters. The predicted octanol–water partition coefficient (Wildman–Crippen LogP) is 4.75. The highest BCUT2D eigenvalue weighted by atomic mass is 32.1. The molecule has 212 valence electrons. The minimum atomic E-state index is -4.61. The van der Waals surface area contributed by atoms with Crippen molar-refractivity contribution in [3.63, 3.8) is 0 Å². The summed E-state index contributed by atoms with van der Waals surface area (Å²) in [7, 11) is 1.55. The van der Waals surface area contributed by atoms with Gasteiger partial charge in [-0.2, -0.15) is 13.2 Å². The number of thiazole rings is 1. The fourth-order valence-corrected chi connectivity index (χ4v) is 4.87. The predicted molar refractivity (Wildman–Crippen MR) is 146 cm³/mol.